The molecule has 4 N–H and O–H groups in total. The number of nitrogen functional groups attached to an aromatic ring is 1. The second-order valence-electron chi connectivity index (χ2n) is 5.03. The van der Waals surface area contributed by atoms with E-state index in [-0.39, 0.29) is 18.1 Å². The van der Waals surface area contributed by atoms with Crippen LogP contribution in [0.2, 0.25) is 0 Å². The maximum Gasteiger partial charge on any atom is 0.195 e. The third-order valence-corrected chi connectivity index (χ3v) is 3.69. The molecule has 22 heavy (non-hydrogen) atoms. The molecule has 116 valence electrons. The second kappa shape index (κ2) is 7.40. The highest BCUT2D eigenvalue weighted by atomic mass is 35.5. The van der Waals surface area contributed by atoms with Crippen LogP contribution in [0.3, 0.4) is 0 Å². The van der Waals surface area contributed by atoms with Crippen molar-refractivity contribution in [1.82, 2.24) is 0 Å². The van der Waals surface area contributed by atoms with Gasteiger partial charge in [-0.1, -0.05) is 36.4 Å². The Morgan fingerprint density at radius 3 is 2.45 bits per heavy atom. The topological polar surface area (TPSA) is 83.6 Å². The molecule has 0 aliphatic rings. The number of halogens is 1. The zero-order chi connectivity index (χ0) is 16.1. The largest absolute Gasteiger partial charge is 0.398 e. The van der Waals surface area contributed by atoms with E-state index in [1.165, 1.54) is 6.07 Å². The quantitative estimate of drug-likeness (QED) is 0.434. The second-order valence-corrected chi connectivity index (χ2v) is 5.41. The SMILES string of the molecule is Nc1ccc(C(O)C(O)CCCl)cc1C(=O)c1ccccc1. The van der Waals surface area contributed by atoms with E-state index in [9.17, 15) is 15.0 Å². The summed E-state index contributed by atoms with van der Waals surface area (Å²) >= 11 is 5.57. The Bertz CT molecular complexity index is 646. The molecule has 0 heterocycles. The lowest BCUT2D eigenvalue weighted by Gasteiger charge is -2.18. The van der Waals surface area contributed by atoms with Gasteiger partial charge < -0.3 is 15.9 Å². The molecule has 0 saturated carbocycles. The number of hydrogen-bond acceptors (Lipinski definition) is 4. The number of rotatable bonds is 6. The molecular weight excluding hydrogens is 302 g/mol. The number of benzene rings is 2. The van der Waals surface area contributed by atoms with Crippen LogP contribution in [0.15, 0.2) is 48.5 Å². The fourth-order valence-electron chi connectivity index (χ4n) is 2.19. The third kappa shape index (κ3) is 3.65. The van der Waals surface area contributed by atoms with Gasteiger partial charge in [-0.25, -0.2) is 0 Å². The first-order chi connectivity index (χ1) is 10.5. The van der Waals surface area contributed by atoms with Crippen molar-refractivity contribution in [2.75, 3.05) is 11.6 Å². The van der Waals surface area contributed by atoms with Crippen molar-refractivity contribution in [3.05, 3.63) is 65.2 Å². The van der Waals surface area contributed by atoms with E-state index in [0.29, 0.717) is 22.4 Å². The van der Waals surface area contributed by atoms with Gasteiger partial charge >= 0.3 is 0 Å². The minimum Gasteiger partial charge on any atom is -0.398 e. The summed E-state index contributed by atoms with van der Waals surface area (Å²) in [6.07, 6.45) is -1.84. The zero-order valence-electron chi connectivity index (χ0n) is 11.9. The Labute approximate surface area is 134 Å². The van der Waals surface area contributed by atoms with Gasteiger partial charge in [-0.15, -0.1) is 11.6 Å². The Morgan fingerprint density at radius 2 is 1.82 bits per heavy atom. The molecule has 0 radical (unpaired) electrons. The van der Waals surface area contributed by atoms with Gasteiger partial charge in [0, 0.05) is 22.7 Å². The van der Waals surface area contributed by atoms with Gasteiger partial charge in [0.05, 0.1) is 6.10 Å². The lowest BCUT2D eigenvalue weighted by Crippen LogP contribution is -2.19. The van der Waals surface area contributed by atoms with Gasteiger partial charge in [0.25, 0.3) is 0 Å². The first-order valence-electron chi connectivity index (χ1n) is 6.96. The minimum absolute atomic E-state index is 0.223. The summed E-state index contributed by atoms with van der Waals surface area (Å²) in [6, 6.07) is 13.4. The number of anilines is 1. The number of carbonyl (C=O) groups is 1. The molecule has 0 spiro atoms. The number of carbonyl (C=O) groups excluding carboxylic acids is 1. The number of alkyl halides is 1. The standard InChI is InChI=1S/C17H18ClNO3/c18-9-8-15(20)17(22)12-6-7-14(19)13(10-12)16(21)11-4-2-1-3-5-11/h1-7,10,15,17,20,22H,8-9,19H2. The van der Waals surface area contributed by atoms with Crippen LogP contribution >= 0.6 is 11.6 Å². The van der Waals surface area contributed by atoms with E-state index >= 15 is 0 Å². The summed E-state index contributed by atoms with van der Waals surface area (Å²) in [6.45, 7) is 0. The molecule has 0 amide bonds. The molecule has 0 aliphatic carbocycles. The van der Waals surface area contributed by atoms with Crippen molar-refractivity contribution in [1.29, 1.82) is 0 Å². The summed E-state index contributed by atoms with van der Waals surface area (Å²) in [5, 5.41) is 20.0. The van der Waals surface area contributed by atoms with Gasteiger partial charge in [-0.2, -0.15) is 0 Å². The fourth-order valence-corrected chi connectivity index (χ4v) is 2.41. The van der Waals surface area contributed by atoms with Crippen LogP contribution in [0.4, 0.5) is 5.69 Å². The smallest absolute Gasteiger partial charge is 0.195 e. The highest BCUT2D eigenvalue weighted by molar-refractivity contribution is 6.17. The average Bonchev–Trinajstić information content (AvgIpc) is 2.55. The predicted octanol–water partition coefficient (Wildman–Crippen LogP) is 2.52. The molecule has 0 saturated heterocycles. The lowest BCUT2D eigenvalue weighted by atomic mass is 9.95. The molecule has 5 heteroatoms. The van der Waals surface area contributed by atoms with Crippen LogP contribution in [-0.4, -0.2) is 28.0 Å². The van der Waals surface area contributed by atoms with E-state index in [4.69, 9.17) is 17.3 Å². The van der Waals surface area contributed by atoms with Gasteiger partial charge in [0.1, 0.15) is 6.10 Å². The van der Waals surface area contributed by atoms with Crippen molar-refractivity contribution in [3.8, 4) is 0 Å². The monoisotopic (exact) mass is 319 g/mol. The Morgan fingerprint density at radius 1 is 1.14 bits per heavy atom. The molecular formula is C17H18ClNO3. The maximum absolute atomic E-state index is 12.5. The van der Waals surface area contributed by atoms with Crippen LogP contribution in [0.5, 0.6) is 0 Å². The van der Waals surface area contributed by atoms with Crippen molar-refractivity contribution >= 4 is 23.1 Å². The summed E-state index contributed by atoms with van der Waals surface area (Å²) in [5.74, 6) is 0.0159. The van der Waals surface area contributed by atoms with Gasteiger partial charge in [-0.05, 0) is 24.1 Å². The third-order valence-electron chi connectivity index (χ3n) is 3.47. The normalized spacial score (nSPS) is 13.6. The van der Waals surface area contributed by atoms with E-state index in [1.54, 1.807) is 36.4 Å². The highest BCUT2D eigenvalue weighted by Crippen LogP contribution is 2.25. The minimum atomic E-state index is -1.11. The van der Waals surface area contributed by atoms with E-state index in [1.807, 2.05) is 6.07 Å². The molecule has 2 aromatic rings. The maximum atomic E-state index is 12.5. The number of hydrogen-bond donors (Lipinski definition) is 3. The van der Waals surface area contributed by atoms with Crippen molar-refractivity contribution in [2.45, 2.75) is 18.6 Å². The fraction of sp³-hybridized carbons (Fsp3) is 0.235. The van der Waals surface area contributed by atoms with Crippen LogP contribution in [0.25, 0.3) is 0 Å². The molecule has 2 aromatic carbocycles. The molecule has 4 nitrogen and oxygen atoms in total. The molecule has 2 rings (SSSR count). The van der Waals surface area contributed by atoms with Crippen LogP contribution in [-0.2, 0) is 0 Å². The van der Waals surface area contributed by atoms with Crippen LogP contribution < -0.4 is 5.73 Å². The summed E-state index contributed by atoms with van der Waals surface area (Å²) < 4.78 is 0. The van der Waals surface area contributed by atoms with Crippen molar-refractivity contribution in [3.63, 3.8) is 0 Å². The number of ketones is 1. The lowest BCUT2D eigenvalue weighted by molar-refractivity contribution is 0.0170. The summed E-state index contributed by atoms with van der Waals surface area (Å²) in [4.78, 5) is 12.5. The Hall–Kier alpha value is -1.88. The molecule has 2 unspecified atom stereocenters. The van der Waals surface area contributed by atoms with Crippen molar-refractivity contribution < 1.29 is 15.0 Å². The molecule has 0 bridgehead atoms. The predicted molar refractivity (Wildman–Crippen MR) is 87.0 cm³/mol. The Balaban J connectivity index is 2.33. The first kappa shape index (κ1) is 16.5. The van der Waals surface area contributed by atoms with E-state index in [2.05, 4.69) is 0 Å². The number of aliphatic hydroxyl groups is 2. The van der Waals surface area contributed by atoms with Crippen LogP contribution in [0, 0.1) is 0 Å². The molecule has 2 atom stereocenters. The summed E-state index contributed by atoms with van der Waals surface area (Å²) in [5.41, 5.74) is 7.47. The number of aliphatic hydroxyl groups excluding tert-OH is 2. The highest BCUT2D eigenvalue weighted by Gasteiger charge is 2.20. The van der Waals surface area contributed by atoms with Crippen LogP contribution in [0.1, 0.15) is 34.0 Å². The van der Waals surface area contributed by atoms with Crippen molar-refractivity contribution in [2.24, 2.45) is 0 Å². The Kier molecular flexibility index (Phi) is 5.55. The first-order valence-corrected chi connectivity index (χ1v) is 7.49. The van der Waals surface area contributed by atoms with E-state index in [0.717, 1.165) is 0 Å². The van der Waals surface area contributed by atoms with Gasteiger partial charge in [0.2, 0.25) is 0 Å². The molecule has 0 aromatic heterocycles. The summed E-state index contributed by atoms with van der Waals surface area (Å²) in [7, 11) is 0. The zero-order valence-corrected chi connectivity index (χ0v) is 12.7. The molecule has 0 fully saturated rings. The molecule has 0 aliphatic heterocycles. The average molecular weight is 320 g/mol. The van der Waals surface area contributed by atoms with E-state index < -0.39 is 12.2 Å². The van der Waals surface area contributed by atoms with Gasteiger partial charge in [-0.3, -0.25) is 4.79 Å². The number of nitrogens with two attached hydrogens (primary N) is 1. The van der Waals surface area contributed by atoms with Gasteiger partial charge in [0.15, 0.2) is 5.78 Å².